The smallest absolute Gasteiger partial charge is 0.0701 e. The first-order chi connectivity index (χ1) is 14.1. The molecule has 166 valence electrons. The summed E-state index contributed by atoms with van der Waals surface area (Å²) in [6.45, 7) is 15.5. The zero-order valence-electron chi connectivity index (χ0n) is 18.5. The zero-order chi connectivity index (χ0) is 20.8. The fraction of sp³-hybridized carbons (Fsp3) is 0.739. The highest BCUT2D eigenvalue weighted by molar-refractivity contribution is 5.27. The molecule has 1 fully saturated rings. The highest BCUT2D eigenvalue weighted by Crippen LogP contribution is 2.22. The lowest BCUT2D eigenvalue weighted by Gasteiger charge is -2.24. The van der Waals surface area contributed by atoms with E-state index < -0.39 is 0 Å². The van der Waals surface area contributed by atoms with E-state index in [0.29, 0.717) is 66.1 Å². The van der Waals surface area contributed by atoms with Gasteiger partial charge in [0.15, 0.2) is 0 Å². The number of rotatable bonds is 2. The molecule has 0 spiro atoms. The van der Waals surface area contributed by atoms with Crippen molar-refractivity contribution in [1.29, 1.82) is 0 Å². The molecule has 1 aliphatic heterocycles. The van der Waals surface area contributed by atoms with Gasteiger partial charge in [0, 0.05) is 19.6 Å². The van der Waals surface area contributed by atoms with Gasteiger partial charge in [0.05, 0.1) is 66.1 Å². The SMILES string of the molecule is CC(C)(C)c1ccc(CN2CCOCCOCCOCCOCCOCC2)cc1. The van der Waals surface area contributed by atoms with Crippen molar-refractivity contribution in [3.8, 4) is 0 Å². The number of nitrogens with zero attached hydrogens (tertiary/aromatic N) is 1. The van der Waals surface area contributed by atoms with Crippen LogP contribution < -0.4 is 0 Å². The molecule has 0 radical (unpaired) electrons. The average Bonchev–Trinajstić information content (AvgIpc) is 2.69. The second-order valence-corrected chi connectivity index (χ2v) is 8.28. The average molecular weight is 410 g/mol. The van der Waals surface area contributed by atoms with Crippen molar-refractivity contribution < 1.29 is 23.7 Å². The van der Waals surface area contributed by atoms with Crippen molar-refractivity contribution in [2.75, 3.05) is 79.2 Å². The molecule has 1 heterocycles. The molecule has 0 bridgehead atoms. The molecule has 29 heavy (non-hydrogen) atoms. The van der Waals surface area contributed by atoms with Gasteiger partial charge >= 0.3 is 0 Å². The van der Waals surface area contributed by atoms with Crippen LogP contribution in [0, 0.1) is 0 Å². The Bertz CT molecular complexity index is 511. The Morgan fingerprint density at radius 2 is 1.00 bits per heavy atom. The van der Waals surface area contributed by atoms with Crippen molar-refractivity contribution in [2.45, 2.75) is 32.7 Å². The minimum atomic E-state index is 0.177. The zero-order valence-corrected chi connectivity index (χ0v) is 18.5. The fourth-order valence-electron chi connectivity index (χ4n) is 3.01. The largest absolute Gasteiger partial charge is 0.378 e. The highest BCUT2D eigenvalue weighted by atomic mass is 16.6. The first-order valence-corrected chi connectivity index (χ1v) is 10.8. The molecule has 1 aromatic carbocycles. The first-order valence-electron chi connectivity index (χ1n) is 10.8. The molecule has 0 N–H and O–H groups in total. The molecular weight excluding hydrogens is 370 g/mol. The van der Waals surface area contributed by atoms with Gasteiger partial charge in [0.25, 0.3) is 0 Å². The maximum atomic E-state index is 5.74. The van der Waals surface area contributed by atoms with Crippen LogP contribution in [0.4, 0.5) is 0 Å². The van der Waals surface area contributed by atoms with Gasteiger partial charge in [0.2, 0.25) is 0 Å². The second-order valence-electron chi connectivity index (χ2n) is 8.28. The molecule has 2 rings (SSSR count). The maximum Gasteiger partial charge on any atom is 0.0701 e. The van der Waals surface area contributed by atoms with E-state index in [9.17, 15) is 0 Å². The van der Waals surface area contributed by atoms with Gasteiger partial charge in [0.1, 0.15) is 0 Å². The molecule has 1 aromatic rings. The van der Waals surface area contributed by atoms with Crippen LogP contribution in [-0.4, -0.2) is 84.1 Å². The number of hydrogen-bond acceptors (Lipinski definition) is 6. The predicted molar refractivity (Wildman–Crippen MR) is 115 cm³/mol. The summed E-state index contributed by atoms with van der Waals surface area (Å²) in [4.78, 5) is 2.38. The third-order valence-electron chi connectivity index (χ3n) is 4.82. The molecule has 0 amide bonds. The minimum Gasteiger partial charge on any atom is -0.378 e. The van der Waals surface area contributed by atoms with Crippen molar-refractivity contribution in [3.63, 3.8) is 0 Å². The Morgan fingerprint density at radius 3 is 1.38 bits per heavy atom. The molecule has 1 saturated heterocycles. The summed E-state index contributed by atoms with van der Waals surface area (Å²) in [6.07, 6.45) is 0. The van der Waals surface area contributed by atoms with Gasteiger partial charge in [-0.1, -0.05) is 45.0 Å². The lowest BCUT2D eigenvalue weighted by Crippen LogP contribution is -2.31. The van der Waals surface area contributed by atoms with E-state index in [1.807, 2.05) is 0 Å². The van der Waals surface area contributed by atoms with Gasteiger partial charge in [-0.2, -0.15) is 0 Å². The molecule has 6 heteroatoms. The van der Waals surface area contributed by atoms with Gasteiger partial charge in [-0.25, -0.2) is 0 Å². The van der Waals surface area contributed by atoms with E-state index in [1.165, 1.54) is 11.1 Å². The third kappa shape index (κ3) is 11.1. The standard InChI is InChI=1S/C23H39NO5/c1-23(2,3)22-6-4-21(5-7-22)20-24-8-10-25-12-14-27-16-18-29-19-17-28-15-13-26-11-9-24/h4-7H,8-20H2,1-3H3. The monoisotopic (exact) mass is 409 g/mol. The number of benzene rings is 1. The predicted octanol–water partition coefficient (Wildman–Crippen LogP) is 2.88. The maximum absolute atomic E-state index is 5.74. The van der Waals surface area contributed by atoms with Crippen LogP contribution in [0.15, 0.2) is 24.3 Å². The van der Waals surface area contributed by atoms with E-state index in [-0.39, 0.29) is 5.41 Å². The van der Waals surface area contributed by atoms with Crippen LogP contribution >= 0.6 is 0 Å². The summed E-state index contributed by atoms with van der Waals surface area (Å²) in [6, 6.07) is 8.95. The van der Waals surface area contributed by atoms with E-state index in [4.69, 9.17) is 23.7 Å². The summed E-state index contributed by atoms with van der Waals surface area (Å²) in [5.74, 6) is 0. The van der Waals surface area contributed by atoms with E-state index in [0.717, 1.165) is 19.6 Å². The van der Waals surface area contributed by atoms with Crippen LogP contribution in [0.2, 0.25) is 0 Å². The highest BCUT2D eigenvalue weighted by Gasteiger charge is 2.13. The summed E-state index contributed by atoms with van der Waals surface area (Å²) >= 11 is 0. The Hall–Kier alpha value is -1.02. The molecule has 0 unspecified atom stereocenters. The van der Waals surface area contributed by atoms with E-state index in [1.54, 1.807) is 0 Å². The van der Waals surface area contributed by atoms with Crippen molar-refractivity contribution >= 4 is 0 Å². The van der Waals surface area contributed by atoms with Gasteiger partial charge < -0.3 is 23.7 Å². The lowest BCUT2D eigenvalue weighted by atomic mass is 9.87. The van der Waals surface area contributed by atoms with Crippen LogP contribution in [0.25, 0.3) is 0 Å². The number of ether oxygens (including phenoxy) is 5. The first kappa shape index (κ1) is 24.3. The Labute approximate surface area is 176 Å². The van der Waals surface area contributed by atoms with Crippen molar-refractivity contribution in [3.05, 3.63) is 35.4 Å². The molecule has 0 aliphatic carbocycles. The normalized spacial score (nSPS) is 20.7. The molecule has 6 nitrogen and oxygen atoms in total. The summed E-state index contributed by atoms with van der Waals surface area (Å²) < 4.78 is 28.0. The molecule has 0 atom stereocenters. The van der Waals surface area contributed by atoms with Gasteiger partial charge in [-0.15, -0.1) is 0 Å². The van der Waals surface area contributed by atoms with Crippen molar-refractivity contribution in [2.24, 2.45) is 0 Å². The van der Waals surface area contributed by atoms with Crippen LogP contribution in [0.5, 0.6) is 0 Å². The third-order valence-corrected chi connectivity index (χ3v) is 4.82. The van der Waals surface area contributed by atoms with Crippen LogP contribution in [-0.2, 0) is 35.6 Å². The minimum absolute atomic E-state index is 0.177. The Kier molecular flexibility index (Phi) is 11.8. The Morgan fingerprint density at radius 1 is 0.621 bits per heavy atom. The molecule has 0 saturated carbocycles. The quantitative estimate of drug-likeness (QED) is 0.749. The van der Waals surface area contributed by atoms with Crippen LogP contribution in [0.3, 0.4) is 0 Å². The topological polar surface area (TPSA) is 49.4 Å². The van der Waals surface area contributed by atoms with Crippen LogP contribution in [0.1, 0.15) is 31.9 Å². The van der Waals surface area contributed by atoms with Crippen molar-refractivity contribution in [1.82, 2.24) is 4.90 Å². The van der Waals surface area contributed by atoms with Gasteiger partial charge in [-0.05, 0) is 16.5 Å². The number of hydrogen-bond donors (Lipinski definition) is 0. The van der Waals surface area contributed by atoms with E-state index in [2.05, 4.69) is 49.9 Å². The summed E-state index contributed by atoms with van der Waals surface area (Å²) in [7, 11) is 0. The Balaban J connectivity index is 1.82. The molecule has 1 aliphatic rings. The molecular formula is C23H39NO5. The summed E-state index contributed by atoms with van der Waals surface area (Å²) in [5, 5.41) is 0. The van der Waals surface area contributed by atoms with Gasteiger partial charge in [-0.3, -0.25) is 4.90 Å². The summed E-state index contributed by atoms with van der Waals surface area (Å²) in [5.41, 5.74) is 2.85. The lowest BCUT2D eigenvalue weighted by molar-refractivity contribution is -0.0189. The van der Waals surface area contributed by atoms with E-state index >= 15 is 0 Å². The fourth-order valence-corrected chi connectivity index (χ4v) is 3.01. The molecule has 0 aromatic heterocycles. The second kappa shape index (κ2) is 14.1.